The van der Waals surface area contributed by atoms with Crippen LogP contribution in [0.2, 0.25) is 0 Å². The topological polar surface area (TPSA) is 69.0 Å². The maximum atomic E-state index is 12.7. The summed E-state index contributed by atoms with van der Waals surface area (Å²) in [6.07, 6.45) is -0.710. The number of fused-ring (bicyclic) bond motifs is 1. The number of hydrogen-bond acceptors (Lipinski definition) is 4. The summed E-state index contributed by atoms with van der Waals surface area (Å²) < 4.78 is 7.75. The second kappa shape index (κ2) is 8.22. The Labute approximate surface area is 181 Å². The molecule has 2 aromatic carbocycles. The zero-order valence-electron chi connectivity index (χ0n) is 18.4. The number of aryl methyl sites for hydroxylation is 4. The molecule has 31 heavy (non-hydrogen) atoms. The summed E-state index contributed by atoms with van der Waals surface area (Å²) in [5.74, 6) is 0.173. The fraction of sp³-hybridized carbons (Fsp3) is 0.240. The van der Waals surface area contributed by atoms with Gasteiger partial charge in [0.1, 0.15) is 0 Å². The molecule has 2 heterocycles. The summed E-state index contributed by atoms with van der Waals surface area (Å²) >= 11 is 0. The van der Waals surface area contributed by atoms with Crippen molar-refractivity contribution in [2.75, 3.05) is 5.32 Å². The molecule has 6 nitrogen and oxygen atoms in total. The van der Waals surface area contributed by atoms with Crippen molar-refractivity contribution in [3.8, 4) is 11.6 Å². The van der Waals surface area contributed by atoms with Crippen molar-refractivity contribution in [3.05, 3.63) is 77.0 Å². The van der Waals surface area contributed by atoms with Crippen LogP contribution < -0.4 is 10.1 Å². The largest absolute Gasteiger partial charge is 0.464 e. The summed E-state index contributed by atoms with van der Waals surface area (Å²) in [6.45, 7) is 9.65. The molecule has 1 atom stereocenters. The SMILES string of the molecule is Cc1ccc(C)c(NC(=O)[C@H](C)Oc2cc(C)c3c(C)nn(-c4ccccc4)c3n2)c1. The van der Waals surface area contributed by atoms with E-state index in [1.165, 1.54) is 0 Å². The van der Waals surface area contributed by atoms with Crippen LogP contribution in [-0.2, 0) is 4.79 Å². The van der Waals surface area contributed by atoms with Gasteiger partial charge in [0.2, 0.25) is 5.88 Å². The maximum absolute atomic E-state index is 12.7. The summed E-state index contributed by atoms with van der Waals surface area (Å²) in [4.78, 5) is 17.4. The van der Waals surface area contributed by atoms with Gasteiger partial charge in [-0.2, -0.15) is 10.1 Å². The van der Waals surface area contributed by atoms with Crippen LogP contribution in [0, 0.1) is 27.7 Å². The van der Waals surface area contributed by atoms with E-state index in [9.17, 15) is 4.79 Å². The number of ether oxygens (including phenoxy) is 1. The zero-order chi connectivity index (χ0) is 22.1. The molecule has 0 saturated heterocycles. The second-order valence-electron chi connectivity index (χ2n) is 7.88. The maximum Gasteiger partial charge on any atom is 0.265 e. The molecule has 1 amide bonds. The average molecular weight is 415 g/mol. The van der Waals surface area contributed by atoms with Crippen LogP contribution in [0.5, 0.6) is 5.88 Å². The third kappa shape index (κ3) is 4.14. The predicted octanol–water partition coefficient (Wildman–Crippen LogP) is 5.06. The van der Waals surface area contributed by atoms with Crippen LogP contribution >= 0.6 is 0 Å². The van der Waals surface area contributed by atoms with Crippen LogP contribution in [0.25, 0.3) is 16.7 Å². The summed E-state index contributed by atoms with van der Waals surface area (Å²) in [7, 11) is 0. The first-order valence-corrected chi connectivity index (χ1v) is 10.3. The van der Waals surface area contributed by atoms with Gasteiger partial charge >= 0.3 is 0 Å². The van der Waals surface area contributed by atoms with Crippen molar-refractivity contribution in [3.63, 3.8) is 0 Å². The number of nitrogens with zero attached hydrogens (tertiary/aromatic N) is 3. The van der Waals surface area contributed by atoms with E-state index in [0.717, 1.165) is 39.1 Å². The number of hydrogen-bond donors (Lipinski definition) is 1. The normalized spacial score (nSPS) is 12.0. The minimum atomic E-state index is -0.710. The summed E-state index contributed by atoms with van der Waals surface area (Å²) in [6, 6.07) is 17.7. The molecule has 158 valence electrons. The lowest BCUT2D eigenvalue weighted by molar-refractivity contribution is -0.122. The number of carbonyl (C=O) groups is 1. The van der Waals surface area contributed by atoms with E-state index in [1.807, 2.05) is 87.0 Å². The quantitative estimate of drug-likeness (QED) is 0.496. The van der Waals surface area contributed by atoms with Gasteiger partial charge in [-0.05, 0) is 69.5 Å². The number of para-hydroxylation sites is 1. The number of aromatic nitrogens is 3. The number of nitrogens with one attached hydrogen (secondary N) is 1. The lowest BCUT2D eigenvalue weighted by Gasteiger charge is -2.16. The van der Waals surface area contributed by atoms with E-state index in [0.29, 0.717) is 11.5 Å². The van der Waals surface area contributed by atoms with Crippen LogP contribution in [0.3, 0.4) is 0 Å². The Bertz CT molecular complexity index is 1260. The van der Waals surface area contributed by atoms with Gasteiger partial charge in [-0.25, -0.2) is 4.68 Å². The molecule has 2 aromatic heterocycles. The standard InChI is InChI=1S/C25H26N4O2/c1-15-11-12-16(2)21(13-15)26-25(30)19(5)31-22-14-17(3)23-18(4)28-29(24(23)27-22)20-9-7-6-8-10-20/h6-14,19H,1-5H3,(H,26,30)/t19-/m0/s1. The Morgan fingerprint density at radius 3 is 2.48 bits per heavy atom. The predicted molar refractivity (Wildman–Crippen MR) is 123 cm³/mol. The molecule has 0 bridgehead atoms. The van der Waals surface area contributed by atoms with Gasteiger partial charge in [-0.1, -0.05) is 30.3 Å². The lowest BCUT2D eigenvalue weighted by Crippen LogP contribution is -2.30. The Morgan fingerprint density at radius 1 is 1.00 bits per heavy atom. The molecular weight excluding hydrogens is 388 g/mol. The highest BCUT2D eigenvalue weighted by molar-refractivity contribution is 5.95. The van der Waals surface area contributed by atoms with E-state index < -0.39 is 6.10 Å². The fourth-order valence-corrected chi connectivity index (χ4v) is 3.62. The first kappa shape index (κ1) is 20.6. The van der Waals surface area contributed by atoms with Gasteiger partial charge in [0.15, 0.2) is 11.8 Å². The molecule has 0 aliphatic carbocycles. The molecule has 6 heteroatoms. The van der Waals surface area contributed by atoms with Crippen LogP contribution in [0.15, 0.2) is 54.6 Å². The molecule has 0 saturated carbocycles. The number of carbonyl (C=O) groups excluding carboxylic acids is 1. The van der Waals surface area contributed by atoms with Crippen molar-refractivity contribution in [1.29, 1.82) is 0 Å². The molecular formula is C25H26N4O2. The van der Waals surface area contributed by atoms with Crippen LogP contribution in [0.1, 0.15) is 29.3 Å². The van der Waals surface area contributed by atoms with Gasteiger partial charge in [-0.3, -0.25) is 4.79 Å². The van der Waals surface area contributed by atoms with E-state index in [4.69, 9.17) is 9.72 Å². The molecule has 4 aromatic rings. The average Bonchev–Trinajstić information content (AvgIpc) is 3.08. The van der Waals surface area contributed by atoms with Crippen LogP contribution in [0.4, 0.5) is 5.69 Å². The molecule has 0 aliphatic heterocycles. The highest BCUT2D eigenvalue weighted by atomic mass is 16.5. The van der Waals surface area contributed by atoms with Crippen molar-refractivity contribution >= 4 is 22.6 Å². The molecule has 1 N–H and O–H groups in total. The first-order valence-electron chi connectivity index (χ1n) is 10.3. The highest BCUT2D eigenvalue weighted by Gasteiger charge is 2.19. The van der Waals surface area contributed by atoms with Crippen molar-refractivity contribution in [2.24, 2.45) is 0 Å². The number of rotatable bonds is 5. The van der Waals surface area contributed by atoms with E-state index in [-0.39, 0.29) is 5.91 Å². The third-order valence-electron chi connectivity index (χ3n) is 5.30. The van der Waals surface area contributed by atoms with Crippen molar-refractivity contribution in [1.82, 2.24) is 14.8 Å². The fourth-order valence-electron chi connectivity index (χ4n) is 3.62. The lowest BCUT2D eigenvalue weighted by atomic mass is 10.1. The Balaban J connectivity index is 1.62. The van der Waals surface area contributed by atoms with Crippen molar-refractivity contribution in [2.45, 2.75) is 40.7 Å². The van der Waals surface area contributed by atoms with E-state index in [1.54, 1.807) is 6.92 Å². The van der Waals surface area contributed by atoms with Crippen LogP contribution in [-0.4, -0.2) is 26.8 Å². The van der Waals surface area contributed by atoms with Gasteiger partial charge in [0.25, 0.3) is 5.91 Å². The van der Waals surface area contributed by atoms with Crippen molar-refractivity contribution < 1.29 is 9.53 Å². The summed E-state index contributed by atoms with van der Waals surface area (Å²) in [5.41, 5.74) is 6.41. The molecule has 0 fully saturated rings. The Hall–Kier alpha value is -3.67. The first-order chi connectivity index (χ1) is 14.8. The number of anilines is 1. The van der Waals surface area contributed by atoms with Gasteiger partial charge < -0.3 is 10.1 Å². The second-order valence-corrected chi connectivity index (χ2v) is 7.88. The van der Waals surface area contributed by atoms with E-state index in [2.05, 4.69) is 10.4 Å². The number of pyridine rings is 1. The minimum absolute atomic E-state index is 0.221. The van der Waals surface area contributed by atoms with Gasteiger partial charge in [0, 0.05) is 17.1 Å². The highest BCUT2D eigenvalue weighted by Crippen LogP contribution is 2.27. The zero-order valence-corrected chi connectivity index (χ0v) is 18.4. The smallest absolute Gasteiger partial charge is 0.265 e. The van der Waals surface area contributed by atoms with E-state index >= 15 is 0 Å². The monoisotopic (exact) mass is 414 g/mol. The molecule has 0 unspecified atom stereocenters. The Kier molecular flexibility index (Phi) is 5.46. The number of amides is 1. The molecule has 0 spiro atoms. The summed E-state index contributed by atoms with van der Waals surface area (Å²) in [5, 5.41) is 8.61. The van der Waals surface area contributed by atoms with Gasteiger partial charge in [-0.15, -0.1) is 0 Å². The van der Waals surface area contributed by atoms with Gasteiger partial charge in [0.05, 0.1) is 11.4 Å². The Morgan fingerprint density at radius 2 is 1.74 bits per heavy atom. The molecule has 0 aliphatic rings. The molecule has 4 rings (SSSR count). The number of benzene rings is 2. The third-order valence-corrected chi connectivity index (χ3v) is 5.30. The molecule has 0 radical (unpaired) electrons. The minimum Gasteiger partial charge on any atom is -0.464 e.